The van der Waals surface area contributed by atoms with Gasteiger partial charge in [0, 0.05) is 46.8 Å². The van der Waals surface area contributed by atoms with E-state index in [9.17, 15) is 14.4 Å². The van der Waals surface area contributed by atoms with Gasteiger partial charge in [-0.1, -0.05) is 5.92 Å². The van der Waals surface area contributed by atoms with Gasteiger partial charge in [-0.2, -0.15) is 4.98 Å². The van der Waals surface area contributed by atoms with Crippen LogP contribution in [0.2, 0.25) is 0 Å². The molecule has 0 aliphatic carbocycles. The number of piperazine rings is 1. The van der Waals surface area contributed by atoms with E-state index in [4.69, 9.17) is 4.98 Å². The Morgan fingerprint density at radius 2 is 1.83 bits per heavy atom. The number of fused-ring (bicyclic) bond motifs is 1. The average molecular weight is 436 g/mol. The van der Waals surface area contributed by atoms with Crippen LogP contribution in [-0.2, 0) is 18.4 Å². The number of hydrogen-bond donors (Lipinski definition) is 1. The first-order valence-electron chi connectivity index (χ1n) is 9.77. The Balaban J connectivity index is 0.00000256. The quantitative estimate of drug-likeness (QED) is 0.631. The topological polar surface area (TPSA) is 97.4 Å². The number of hydrogen-bond acceptors (Lipinski definition) is 6. The predicted molar refractivity (Wildman–Crippen MR) is 116 cm³/mol. The lowest BCUT2D eigenvalue weighted by atomic mass is 10.2. The predicted octanol–water partition coefficient (Wildman–Crippen LogP) is -0.845. The standard InChI is InChI=1S/C19H25N7O3.ClH/c1-4-5-9-25-14-15(21-18(25)24-11-7-20-8-12-24)26(19(29)23(3)17(14)28)13-6-10-22(2)16(13)27;/h13,20H,6-12H2,1-3H3;1H. The minimum absolute atomic E-state index is 0. The van der Waals surface area contributed by atoms with Gasteiger partial charge in [-0.25, -0.2) is 4.79 Å². The maximum Gasteiger partial charge on any atom is 0.333 e. The van der Waals surface area contributed by atoms with E-state index < -0.39 is 17.3 Å². The summed E-state index contributed by atoms with van der Waals surface area (Å²) in [5, 5.41) is 3.30. The van der Waals surface area contributed by atoms with Crippen LogP contribution in [0.3, 0.4) is 0 Å². The van der Waals surface area contributed by atoms with Crippen molar-refractivity contribution in [2.45, 2.75) is 25.9 Å². The van der Waals surface area contributed by atoms with E-state index in [2.05, 4.69) is 22.1 Å². The van der Waals surface area contributed by atoms with Crippen LogP contribution in [0.25, 0.3) is 11.2 Å². The van der Waals surface area contributed by atoms with Crippen molar-refractivity contribution in [3.8, 4) is 11.8 Å². The molecule has 1 N–H and O–H groups in total. The van der Waals surface area contributed by atoms with Gasteiger partial charge >= 0.3 is 5.69 Å². The number of likely N-dealkylation sites (N-methyl/N-ethyl adjacent to an activating group) is 1. The van der Waals surface area contributed by atoms with Crippen molar-refractivity contribution in [2.24, 2.45) is 7.05 Å². The molecule has 0 bridgehead atoms. The first kappa shape index (κ1) is 21.9. The first-order valence-corrected chi connectivity index (χ1v) is 9.77. The first-order chi connectivity index (χ1) is 14.0. The molecule has 2 saturated heterocycles. The largest absolute Gasteiger partial charge is 0.344 e. The van der Waals surface area contributed by atoms with Crippen LogP contribution in [0.15, 0.2) is 9.59 Å². The molecule has 4 heterocycles. The molecule has 162 valence electrons. The Morgan fingerprint density at radius 1 is 1.13 bits per heavy atom. The number of carbonyl (C=O) groups excluding carboxylic acids is 1. The van der Waals surface area contributed by atoms with E-state index in [0.717, 1.165) is 30.7 Å². The van der Waals surface area contributed by atoms with Crippen LogP contribution >= 0.6 is 12.4 Å². The van der Waals surface area contributed by atoms with Crippen LogP contribution in [-0.4, -0.2) is 69.3 Å². The lowest BCUT2D eigenvalue weighted by molar-refractivity contribution is -0.129. The highest BCUT2D eigenvalue weighted by Crippen LogP contribution is 2.26. The number of anilines is 1. The van der Waals surface area contributed by atoms with Gasteiger partial charge in [0.2, 0.25) is 11.9 Å². The number of likely N-dealkylation sites (tertiary alicyclic amines) is 1. The highest BCUT2D eigenvalue weighted by atomic mass is 35.5. The van der Waals surface area contributed by atoms with Gasteiger partial charge in [0.15, 0.2) is 11.2 Å². The molecule has 0 radical (unpaired) electrons. The summed E-state index contributed by atoms with van der Waals surface area (Å²) < 4.78 is 4.23. The second-order valence-corrected chi connectivity index (χ2v) is 7.41. The van der Waals surface area contributed by atoms with Crippen molar-refractivity contribution in [3.05, 3.63) is 20.8 Å². The summed E-state index contributed by atoms with van der Waals surface area (Å²) in [6.45, 7) is 5.67. The summed E-state index contributed by atoms with van der Waals surface area (Å²) >= 11 is 0. The van der Waals surface area contributed by atoms with E-state index in [-0.39, 0.29) is 30.5 Å². The van der Waals surface area contributed by atoms with Crippen molar-refractivity contribution in [2.75, 3.05) is 44.7 Å². The number of imidazole rings is 1. The van der Waals surface area contributed by atoms with E-state index in [1.54, 1.807) is 23.4 Å². The summed E-state index contributed by atoms with van der Waals surface area (Å²) in [5.41, 5.74) is -0.370. The number of aromatic nitrogens is 4. The third-order valence-electron chi connectivity index (χ3n) is 5.68. The fourth-order valence-corrected chi connectivity index (χ4v) is 4.04. The fourth-order valence-electron chi connectivity index (χ4n) is 4.04. The molecule has 1 amide bonds. The van der Waals surface area contributed by atoms with Crippen LogP contribution in [0.1, 0.15) is 19.4 Å². The molecule has 0 aromatic carbocycles. The van der Waals surface area contributed by atoms with Gasteiger partial charge in [-0.15, -0.1) is 18.3 Å². The smallest absolute Gasteiger partial charge is 0.333 e. The molecule has 0 saturated carbocycles. The lowest BCUT2D eigenvalue weighted by Gasteiger charge is -2.28. The van der Waals surface area contributed by atoms with Crippen LogP contribution in [0.5, 0.6) is 0 Å². The third kappa shape index (κ3) is 3.38. The van der Waals surface area contributed by atoms with E-state index in [1.807, 2.05) is 0 Å². The Labute approximate surface area is 179 Å². The van der Waals surface area contributed by atoms with Gasteiger partial charge < -0.3 is 15.1 Å². The summed E-state index contributed by atoms with van der Waals surface area (Å²) in [5.74, 6) is 6.34. The number of carbonyl (C=O) groups is 1. The molecule has 30 heavy (non-hydrogen) atoms. The van der Waals surface area contributed by atoms with Crippen molar-refractivity contribution in [1.29, 1.82) is 0 Å². The Kier molecular flexibility index (Phi) is 6.24. The summed E-state index contributed by atoms with van der Waals surface area (Å²) in [7, 11) is 3.16. The fraction of sp³-hybridized carbons (Fsp3) is 0.579. The molecule has 0 spiro atoms. The zero-order valence-corrected chi connectivity index (χ0v) is 18.2. The number of nitrogens with zero attached hydrogens (tertiary/aromatic N) is 6. The molecular formula is C19H26ClN7O3. The molecule has 1 unspecified atom stereocenters. The van der Waals surface area contributed by atoms with Crippen LogP contribution in [0.4, 0.5) is 5.95 Å². The monoisotopic (exact) mass is 435 g/mol. The molecule has 4 rings (SSSR count). The molecule has 2 aromatic heterocycles. The number of nitrogens with one attached hydrogen (secondary N) is 1. The maximum atomic E-state index is 13.1. The van der Waals surface area contributed by atoms with Gasteiger partial charge in [0.25, 0.3) is 5.56 Å². The molecule has 2 aliphatic rings. The van der Waals surface area contributed by atoms with E-state index in [0.29, 0.717) is 24.4 Å². The molecular weight excluding hydrogens is 410 g/mol. The molecule has 2 fully saturated rings. The van der Waals surface area contributed by atoms with Crippen molar-refractivity contribution >= 4 is 35.4 Å². The van der Waals surface area contributed by atoms with Crippen LogP contribution < -0.4 is 21.5 Å². The Bertz CT molecular complexity index is 1150. The third-order valence-corrected chi connectivity index (χ3v) is 5.68. The van der Waals surface area contributed by atoms with Gasteiger partial charge in [0.1, 0.15) is 6.04 Å². The molecule has 10 nitrogen and oxygen atoms in total. The average Bonchev–Trinajstić information content (AvgIpc) is 3.27. The minimum Gasteiger partial charge on any atom is -0.344 e. The van der Waals surface area contributed by atoms with Gasteiger partial charge in [-0.05, 0) is 13.3 Å². The van der Waals surface area contributed by atoms with Gasteiger partial charge in [0.05, 0.1) is 6.54 Å². The normalized spacial score (nSPS) is 19.0. The highest BCUT2D eigenvalue weighted by molar-refractivity contribution is 5.85. The SMILES string of the molecule is CC#CCn1c(N2CCNCC2)nc2c1c(=O)n(C)c(=O)n2C1CCN(C)C1=O.Cl. The minimum atomic E-state index is -0.654. The van der Waals surface area contributed by atoms with Crippen molar-refractivity contribution in [3.63, 3.8) is 0 Å². The molecule has 11 heteroatoms. The zero-order valence-electron chi connectivity index (χ0n) is 17.3. The lowest BCUT2D eigenvalue weighted by Crippen LogP contribution is -2.44. The summed E-state index contributed by atoms with van der Waals surface area (Å²) in [6, 6.07) is -0.654. The zero-order chi connectivity index (χ0) is 20.7. The van der Waals surface area contributed by atoms with Crippen molar-refractivity contribution in [1.82, 2.24) is 28.9 Å². The summed E-state index contributed by atoms with van der Waals surface area (Å²) in [4.78, 5) is 47.1. The number of amides is 1. The van der Waals surface area contributed by atoms with E-state index in [1.165, 1.54) is 11.6 Å². The van der Waals surface area contributed by atoms with Crippen molar-refractivity contribution < 1.29 is 4.79 Å². The Hall–Kier alpha value is -2.77. The molecule has 2 aromatic rings. The Morgan fingerprint density at radius 3 is 2.43 bits per heavy atom. The van der Waals surface area contributed by atoms with Gasteiger partial charge in [-0.3, -0.25) is 23.3 Å². The molecule has 2 aliphatic heterocycles. The second-order valence-electron chi connectivity index (χ2n) is 7.41. The summed E-state index contributed by atoms with van der Waals surface area (Å²) in [6.07, 6.45) is 0.507. The maximum absolute atomic E-state index is 13.1. The number of halogens is 1. The second kappa shape index (κ2) is 8.53. The number of rotatable bonds is 3. The van der Waals surface area contributed by atoms with Crippen LogP contribution in [0, 0.1) is 11.8 Å². The van der Waals surface area contributed by atoms with E-state index >= 15 is 0 Å². The highest BCUT2D eigenvalue weighted by Gasteiger charge is 2.35. The molecule has 1 atom stereocenters.